The van der Waals surface area contributed by atoms with Crippen molar-refractivity contribution in [1.29, 1.82) is 0 Å². The molecule has 0 bridgehead atoms. The van der Waals surface area contributed by atoms with Gasteiger partial charge in [-0.05, 0) is 67.1 Å². The van der Waals surface area contributed by atoms with Crippen LogP contribution >= 0.6 is 24.8 Å². The molecule has 1 aliphatic rings. The summed E-state index contributed by atoms with van der Waals surface area (Å²) in [6.45, 7) is 1.30. The summed E-state index contributed by atoms with van der Waals surface area (Å²) in [5.74, 6) is -0.158. The number of halogens is 2. The number of pyridine rings is 1. The molecule has 2 aromatic carbocycles. The van der Waals surface area contributed by atoms with E-state index in [1.54, 1.807) is 6.20 Å². The summed E-state index contributed by atoms with van der Waals surface area (Å²) >= 11 is 0. The van der Waals surface area contributed by atoms with Gasteiger partial charge in [-0.15, -0.1) is 24.8 Å². The van der Waals surface area contributed by atoms with Gasteiger partial charge >= 0.3 is 0 Å². The smallest absolute Gasteiger partial charge is 0.233 e. The monoisotopic (exact) mass is 487 g/mol. The average Bonchev–Trinajstić information content (AvgIpc) is 2.83. The lowest BCUT2D eigenvalue weighted by atomic mass is 9.86. The molecule has 0 aliphatic heterocycles. The first-order chi connectivity index (χ1) is 15.2. The van der Waals surface area contributed by atoms with E-state index < -0.39 is 6.10 Å². The number of carbonyl (C=O) groups is 1. The van der Waals surface area contributed by atoms with Crippen molar-refractivity contribution in [2.24, 2.45) is 0 Å². The van der Waals surface area contributed by atoms with Crippen molar-refractivity contribution >= 4 is 36.4 Å². The average molecular weight is 488 g/mol. The molecule has 33 heavy (non-hydrogen) atoms. The van der Waals surface area contributed by atoms with Crippen LogP contribution in [-0.4, -0.2) is 29.1 Å². The van der Waals surface area contributed by atoms with Gasteiger partial charge in [0.05, 0.1) is 17.7 Å². The van der Waals surface area contributed by atoms with Crippen LogP contribution in [0, 0.1) is 0 Å². The Morgan fingerprint density at radius 1 is 1.03 bits per heavy atom. The fourth-order valence-corrected chi connectivity index (χ4v) is 4.11. The van der Waals surface area contributed by atoms with Gasteiger partial charge in [-0.1, -0.05) is 48.5 Å². The van der Waals surface area contributed by atoms with Gasteiger partial charge in [0, 0.05) is 18.4 Å². The van der Waals surface area contributed by atoms with E-state index >= 15 is 0 Å². The number of fused-ring (bicyclic) bond motifs is 1. The maximum atomic E-state index is 12.8. The highest BCUT2D eigenvalue weighted by Crippen LogP contribution is 2.30. The number of hydrogen-bond donors (Lipinski definition) is 3. The van der Waals surface area contributed by atoms with Gasteiger partial charge in [-0.25, -0.2) is 0 Å². The number of aryl methyl sites for hydroxylation is 1. The number of benzene rings is 2. The molecule has 0 saturated carbocycles. The Morgan fingerprint density at radius 2 is 1.79 bits per heavy atom. The molecule has 1 amide bonds. The Morgan fingerprint density at radius 3 is 2.55 bits per heavy atom. The lowest BCUT2D eigenvalue weighted by molar-refractivity contribution is -0.118. The third-order valence-electron chi connectivity index (χ3n) is 5.85. The number of carbonyl (C=O) groups excluding carboxylic acids is 1. The molecule has 2 unspecified atom stereocenters. The van der Waals surface area contributed by atoms with Crippen molar-refractivity contribution in [2.75, 3.05) is 18.4 Å². The number of aromatic nitrogens is 1. The molecule has 3 N–H and O–H groups in total. The molecule has 5 nitrogen and oxygen atoms in total. The SMILES string of the molecule is Cl.Cl.O=C(Nc1ccc(CCNCC(O)c2ccccc2)cc1)C1CCCc2cccnc21. The normalized spacial score (nSPS) is 15.4. The van der Waals surface area contributed by atoms with E-state index in [1.807, 2.05) is 60.7 Å². The first-order valence-electron chi connectivity index (χ1n) is 11.0. The molecule has 1 aromatic heterocycles. The van der Waals surface area contributed by atoms with Crippen molar-refractivity contribution in [2.45, 2.75) is 37.7 Å². The standard InChI is InChI=1S/C26H29N3O2.2ClH/c30-24(20-6-2-1-3-7-20)18-27-17-15-19-11-13-22(14-12-19)29-26(31)23-10-4-8-21-9-5-16-28-25(21)23;;/h1-3,5-7,9,11-14,16,23-24,27,30H,4,8,10,15,17-18H2,(H,29,31);2*1H. The van der Waals surface area contributed by atoms with E-state index in [0.717, 1.165) is 49.2 Å². The summed E-state index contributed by atoms with van der Waals surface area (Å²) in [5, 5.41) is 16.6. The van der Waals surface area contributed by atoms with E-state index in [9.17, 15) is 9.90 Å². The summed E-state index contributed by atoms with van der Waals surface area (Å²) in [7, 11) is 0. The second-order valence-corrected chi connectivity index (χ2v) is 8.06. The van der Waals surface area contributed by atoms with Crippen LogP contribution < -0.4 is 10.6 Å². The molecule has 1 heterocycles. The molecule has 1 aliphatic carbocycles. The Labute approximate surface area is 207 Å². The Balaban J connectivity index is 0.00000193. The number of aliphatic hydroxyl groups is 1. The first-order valence-corrected chi connectivity index (χ1v) is 11.0. The van der Waals surface area contributed by atoms with Crippen LogP contribution in [-0.2, 0) is 17.6 Å². The molecule has 0 radical (unpaired) electrons. The number of amides is 1. The van der Waals surface area contributed by atoms with E-state index in [4.69, 9.17) is 0 Å². The maximum absolute atomic E-state index is 12.8. The van der Waals surface area contributed by atoms with Crippen LogP contribution in [0.5, 0.6) is 0 Å². The van der Waals surface area contributed by atoms with Crippen molar-refractivity contribution in [3.8, 4) is 0 Å². The number of aliphatic hydroxyl groups excluding tert-OH is 1. The zero-order chi connectivity index (χ0) is 21.5. The summed E-state index contributed by atoms with van der Waals surface area (Å²) in [6, 6.07) is 21.7. The minimum Gasteiger partial charge on any atom is -0.387 e. The zero-order valence-electron chi connectivity index (χ0n) is 18.4. The highest BCUT2D eigenvalue weighted by Gasteiger charge is 2.27. The molecule has 0 saturated heterocycles. The highest BCUT2D eigenvalue weighted by molar-refractivity contribution is 5.95. The van der Waals surface area contributed by atoms with Gasteiger partial charge in [-0.3, -0.25) is 9.78 Å². The number of nitrogens with one attached hydrogen (secondary N) is 2. The molecule has 3 aromatic rings. The van der Waals surface area contributed by atoms with Crippen LogP contribution in [0.25, 0.3) is 0 Å². The molecule has 176 valence electrons. The summed E-state index contributed by atoms with van der Waals surface area (Å²) < 4.78 is 0. The molecule has 4 rings (SSSR count). The van der Waals surface area contributed by atoms with Gasteiger partial charge in [0.25, 0.3) is 0 Å². The first kappa shape index (κ1) is 26.8. The van der Waals surface area contributed by atoms with Crippen molar-refractivity contribution in [3.63, 3.8) is 0 Å². The lowest BCUT2D eigenvalue weighted by Gasteiger charge is -2.23. The summed E-state index contributed by atoms with van der Waals surface area (Å²) in [5.41, 5.74) is 5.03. The minimum absolute atomic E-state index is 0. The van der Waals surface area contributed by atoms with Gasteiger partial charge in [0.2, 0.25) is 5.91 Å². The summed E-state index contributed by atoms with van der Waals surface area (Å²) in [4.78, 5) is 17.3. The number of nitrogens with zero attached hydrogens (tertiary/aromatic N) is 1. The topological polar surface area (TPSA) is 74.2 Å². The van der Waals surface area contributed by atoms with Crippen LogP contribution in [0.1, 0.15) is 47.2 Å². The fourth-order valence-electron chi connectivity index (χ4n) is 4.11. The van der Waals surface area contributed by atoms with Crippen molar-refractivity contribution in [1.82, 2.24) is 10.3 Å². The van der Waals surface area contributed by atoms with Gasteiger partial charge in [-0.2, -0.15) is 0 Å². The molecular formula is C26H31Cl2N3O2. The third-order valence-corrected chi connectivity index (χ3v) is 5.85. The van der Waals surface area contributed by atoms with Crippen LogP contribution in [0.4, 0.5) is 5.69 Å². The lowest BCUT2D eigenvalue weighted by Crippen LogP contribution is -2.25. The minimum atomic E-state index is -0.502. The molecular weight excluding hydrogens is 457 g/mol. The summed E-state index contributed by atoms with van der Waals surface area (Å²) in [6.07, 6.45) is 4.98. The molecule has 0 fully saturated rings. The maximum Gasteiger partial charge on any atom is 0.233 e. The van der Waals surface area contributed by atoms with Gasteiger partial charge < -0.3 is 15.7 Å². The molecule has 7 heteroatoms. The Kier molecular flexibility index (Phi) is 10.8. The second kappa shape index (κ2) is 13.3. The van der Waals surface area contributed by atoms with E-state index in [1.165, 1.54) is 11.1 Å². The van der Waals surface area contributed by atoms with Gasteiger partial charge in [0.15, 0.2) is 0 Å². The predicted octanol–water partition coefficient (Wildman–Crippen LogP) is 4.85. The predicted molar refractivity (Wildman–Crippen MR) is 137 cm³/mol. The molecule has 2 atom stereocenters. The van der Waals surface area contributed by atoms with E-state index in [0.29, 0.717) is 6.54 Å². The Bertz CT molecular complexity index is 1000. The number of hydrogen-bond acceptors (Lipinski definition) is 4. The van der Waals surface area contributed by atoms with Crippen molar-refractivity contribution in [3.05, 3.63) is 95.3 Å². The molecule has 0 spiro atoms. The Hall–Kier alpha value is -2.44. The highest BCUT2D eigenvalue weighted by atomic mass is 35.5. The fraction of sp³-hybridized carbons (Fsp3) is 0.308. The largest absolute Gasteiger partial charge is 0.387 e. The van der Waals surface area contributed by atoms with Gasteiger partial charge in [0.1, 0.15) is 0 Å². The number of anilines is 1. The van der Waals surface area contributed by atoms with Crippen LogP contribution in [0.3, 0.4) is 0 Å². The number of rotatable bonds is 8. The van der Waals surface area contributed by atoms with Crippen molar-refractivity contribution < 1.29 is 9.90 Å². The second-order valence-electron chi connectivity index (χ2n) is 8.06. The quantitative estimate of drug-likeness (QED) is 0.397. The van der Waals surface area contributed by atoms with Crippen LogP contribution in [0.2, 0.25) is 0 Å². The van der Waals surface area contributed by atoms with E-state index in [-0.39, 0.29) is 36.6 Å². The third kappa shape index (κ3) is 7.27. The van der Waals surface area contributed by atoms with E-state index in [2.05, 4.69) is 21.7 Å². The zero-order valence-corrected chi connectivity index (χ0v) is 20.1. The van der Waals surface area contributed by atoms with Crippen LogP contribution in [0.15, 0.2) is 72.9 Å².